The second kappa shape index (κ2) is 6.70. The van der Waals surface area contributed by atoms with Crippen molar-refractivity contribution >= 4 is 11.6 Å². The lowest BCUT2D eigenvalue weighted by atomic mass is 10.0. The highest BCUT2D eigenvalue weighted by molar-refractivity contribution is 5.57. The van der Waals surface area contributed by atoms with E-state index < -0.39 is 0 Å². The van der Waals surface area contributed by atoms with E-state index in [1.165, 1.54) is 5.56 Å². The molecule has 0 radical (unpaired) electrons. The Hall–Kier alpha value is -1.36. The third-order valence-corrected chi connectivity index (χ3v) is 3.58. The standard InChI is InChI=1S/C14H27N5/c1-7-8-11-12(15-4)17-10-18-13(11)16-9-14(2,3)19(5)6/h10H,7-9H2,1-6H3,(H2,15,16,17,18). The number of aromatic nitrogens is 2. The highest BCUT2D eigenvalue weighted by Crippen LogP contribution is 2.22. The van der Waals surface area contributed by atoms with Crippen LogP contribution >= 0.6 is 0 Å². The average molecular weight is 265 g/mol. The molecule has 1 rings (SSSR count). The summed E-state index contributed by atoms with van der Waals surface area (Å²) in [6.45, 7) is 7.43. The summed E-state index contributed by atoms with van der Waals surface area (Å²) >= 11 is 0. The lowest BCUT2D eigenvalue weighted by molar-refractivity contribution is 0.210. The highest BCUT2D eigenvalue weighted by atomic mass is 15.2. The number of nitrogens with one attached hydrogen (secondary N) is 2. The molecular formula is C14H27N5. The van der Waals surface area contributed by atoms with Gasteiger partial charge in [-0.15, -0.1) is 0 Å². The Morgan fingerprint density at radius 3 is 2.37 bits per heavy atom. The molecule has 1 aromatic rings. The molecule has 0 saturated carbocycles. The van der Waals surface area contributed by atoms with Crippen LogP contribution in [0, 0.1) is 0 Å². The van der Waals surface area contributed by atoms with E-state index in [0.717, 1.165) is 31.0 Å². The molecule has 0 spiro atoms. The van der Waals surface area contributed by atoms with Gasteiger partial charge in [-0.25, -0.2) is 9.97 Å². The molecule has 1 aromatic heterocycles. The minimum Gasteiger partial charge on any atom is -0.373 e. The lowest BCUT2D eigenvalue weighted by Gasteiger charge is -2.33. The van der Waals surface area contributed by atoms with Gasteiger partial charge in [-0.2, -0.15) is 0 Å². The van der Waals surface area contributed by atoms with E-state index in [1.807, 2.05) is 7.05 Å². The highest BCUT2D eigenvalue weighted by Gasteiger charge is 2.21. The molecule has 0 saturated heterocycles. The van der Waals surface area contributed by atoms with Crippen LogP contribution in [-0.2, 0) is 6.42 Å². The van der Waals surface area contributed by atoms with Crippen molar-refractivity contribution in [2.45, 2.75) is 39.2 Å². The number of hydrogen-bond acceptors (Lipinski definition) is 5. The zero-order valence-electron chi connectivity index (χ0n) is 13.0. The van der Waals surface area contributed by atoms with Crippen LogP contribution in [0.3, 0.4) is 0 Å². The van der Waals surface area contributed by atoms with Crippen LogP contribution in [0.2, 0.25) is 0 Å². The van der Waals surface area contributed by atoms with Gasteiger partial charge in [0.05, 0.1) is 0 Å². The van der Waals surface area contributed by atoms with Crippen LogP contribution in [-0.4, -0.2) is 48.1 Å². The van der Waals surface area contributed by atoms with Crippen molar-refractivity contribution < 1.29 is 0 Å². The van der Waals surface area contributed by atoms with Crippen molar-refractivity contribution in [3.05, 3.63) is 11.9 Å². The van der Waals surface area contributed by atoms with Crippen molar-refractivity contribution in [1.29, 1.82) is 0 Å². The SMILES string of the molecule is CCCc1c(NC)ncnc1NCC(C)(C)N(C)C. The molecule has 0 bridgehead atoms. The van der Waals surface area contributed by atoms with Crippen LogP contribution in [0.15, 0.2) is 6.33 Å². The molecular weight excluding hydrogens is 238 g/mol. The molecule has 2 N–H and O–H groups in total. The van der Waals surface area contributed by atoms with Gasteiger partial charge in [0, 0.05) is 24.7 Å². The first-order chi connectivity index (χ1) is 8.92. The summed E-state index contributed by atoms with van der Waals surface area (Å²) in [5, 5.41) is 6.60. The molecule has 5 nitrogen and oxygen atoms in total. The van der Waals surface area contributed by atoms with Gasteiger partial charge in [0.25, 0.3) is 0 Å². The summed E-state index contributed by atoms with van der Waals surface area (Å²) in [5.41, 5.74) is 1.25. The molecule has 0 amide bonds. The zero-order chi connectivity index (χ0) is 14.5. The van der Waals surface area contributed by atoms with Crippen LogP contribution in [0.25, 0.3) is 0 Å². The van der Waals surface area contributed by atoms with Crippen LogP contribution in [0.5, 0.6) is 0 Å². The first-order valence-electron chi connectivity index (χ1n) is 6.85. The van der Waals surface area contributed by atoms with E-state index in [9.17, 15) is 0 Å². The summed E-state index contributed by atoms with van der Waals surface area (Å²) in [6.07, 6.45) is 3.66. The van der Waals surface area contributed by atoms with E-state index >= 15 is 0 Å². The number of nitrogens with zero attached hydrogens (tertiary/aromatic N) is 3. The van der Waals surface area contributed by atoms with Crippen molar-refractivity contribution in [2.24, 2.45) is 0 Å². The molecule has 5 heteroatoms. The van der Waals surface area contributed by atoms with Gasteiger partial charge in [0.2, 0.25) is 0 Å². The third kappa shape index (κ3) is 4.06. The van der Waals surface area contributed by atoms with Gasteiger partial charge in [-0.05, 0) is 34.4 Å². The molecule has 0 unspecified atom stereocenters. The molecule has 19 heavy (non-hydrogen) atoms. The normalized spacial score (nSPS) is 11.7. The largest absolute Gasteiger partial charge is 0.373 e. The van der Waals surface area contributed by atoms with Crippen molar-refractivity contribution in [3.63, 3.8) is 0 Å². The third-order valence-electron chi connectivity index (χ3n) is 3.58. The number of anilines is 2. The Morgan fingerprint density at radius 1 is 1.21 bits per heavy atom. The minimum absolute atomic E-state index is 0.0776. The van der Waals surface area contributed by atoms with Crippen LogP contribution in [0.4, 0.5) is 11.6 Å². The maximum absolute atomic E-state index is 4.39. The van der Waals surface area contributed by atoms with E-state index in [-0.39, 0.29) is 5.54 Å². The molecule has 0 aliphatic heterocycles. The summed E-state index contributed by atoms with van der Waals surface area (Å²) in [5.74, 6) is 1.86. The van der Waals surface area contributed by atoms with Gasteiger partial charge in [0.15, 0.2) is 0 Å². The Labute approximate surface area is 116 Å². The maximum atomic E-state index is 4.39. The predicted octanol–water partition coefficient (Wildman–Crippen LogP) is 2.22. The smallest absolute Gasteiger partial charge is 0.134 e. The van der Waals surface area contributed by atoms with E-state index in [2.05, 4.69) is 60.4 Å². The van der Waals surface area contributed by atoms with Crippen LogP contribution < -0.4 is 10.6 Å². The Bertz CT molecular complexity index is 401. The van der Waals surface area contributed by atoms with E-state index in [1.54, 1.807) is 6.33 Å². The predicted molar refractivity (Wildman–Crippen MR) is 81.8 cm³/mol. The fourth-order valence-electron chi connectivity index (χ4n) is 1.73. The molecule has 0 aliphatic carbocycles. The fraction of sp³-hybridized carbons (Fsp3) is 0.714. The topological polar surface area (TPSA) is 53.1 Å². The maximum Gasteiger partial charge on any atom is 0.134 e. The minimum atomic E-state index is 0.0776. The Balaban J connectivity index is 2.88. The van der Waals surface area contributed by atoms with Gasteiger partial charge >= 0.3 is 0 Å². The van der Waals surface area contributed by atoms with Crippen molar-refractivity contribution in [2.75, 3.05) is 38.3 Å². The van der Waals surface area contributed by atoms with Crippen LogP contribution in [0.1, 0.15) is 32.8 Å². The second-order valence-electron chi connectivity index (χ2n) is 5.61. The monoisotopic (exact) mass is 265 g/mol. The summed E-state index contributed by atoms with van der Waals surface area (Å²) < 4.78 is 0. The summed E-state index contributed by atoms with van der Waals surface area (Å²) in [6, 6.07) is 0. The molecule has 1 heterocycles. The number of rotatable bonds is 7. The molecule has 0 aromatic carbocycles. The van der Waals surface area contributed by atoms with E-state index in [0.29, 0.717) is 0 Å². The first-order valence-corrected chi connectivity index (χ1v) is 6.85. The molecule has 0 atom stereocenters. The average Bonchev–Trinajstić information content (AvgIpc) is 2.37. The van der Waals surface area contributed by atoms with E-state index in [4.69, 9.17) is 0 Å². The van der Waals surface area contributed by atoms with Gasteiger partial charge < -0.3 is 15.5 Å². The van der Waals surface area contributed by atoms with Gasteiger partial charge in [-0.3, -0.25) is 0 Å². The van der Waals surface area contributed by atoms with Crippen molar-refractivity contribution in [1.82, 2.24) is 14.9 Å². The quantitative estimate of drug-likeness (QED) is 0.792. The number of likely N-dealkylation sites (N-methyl/N-ethyl adjacent to an activating group) is 1. The second-order valence-corrected chi connectivity index (χ2v) is 5.61. The van der Waals surface area contributed by atoms with Gasteiger partial charge in [0.1, 0.15) is 18.0 Å². The summed E-state index contributed by atoms with van der Waals surface area (Å²) in [4.78, 5) is 10.9. The first kappa shape index (κ1) is 15.7. The molecule has 108 valence electrons. The molecule has 0 aliphatic rings. The van der Waals surface area contributed by atoms with Crippen molar-refractivity contribution in [3.8, 4) is 0 Å². The Kier molecular flexibility index (Phi) is 5.54. The number of hydrogen-bond donors (Lipinski definition) is 2. The summed E-state index contributed by atoms with van der Waals surface area (Å²) in [7, 11) is 6.08. The Morgan fingerprint density at radius 2 is 1.84 bits per heavy atom. The lowest BCUT2D eigenvalue weighted by Crippen LogP contribution is -2.44. The fourth-order valence-corrected chi connectivity index (χ4v) is 1.73. The molecule has 0 fully saturated rings. The zero-order valence-corrected chi connectivity index (χ0v) is 13.0. The van der Waals surface area contributed by atoms with Gasteiger partial charge in [-0.1, -0.05) is 13.3 Å².